The molecule has 0 saturated carbocycles. The Hall–Kier alpha value is -1.06. The fraction of sp³-hybridized carbons (Fsp3) is 0.647. The highest BCUT2D eigenvalue weighted by Crippen LogP contribution is 2.26. The van der Waals surface area contributed by atoms with Crippen molar-refractivity contribution in [1.82, 2.24) is 5.32 Å². The summed E-state index contributed by atoms with van der Waals surface area (Å²) in [6, 6.07) is 8.31. The van der Waals surface area contributed by atoms with Gasteiger partial charge in [-0.2, -0.15) is 0 Å². The van der Waals surface area contributed by atoms with Crippen molar-refractivity contribution < 1.29 is 9.47 Å². The van der Waals surface area contributed by atoms with E-state index in [4.69, 9.17) is 9.47 Å². The van der Waals surface area contributed by atoms with Crippen molar-refractivity contribution in [2.45, 2.75) is 51.7 Å². The first-order valence-electron chi connectivity index (χ1n) is 7.74. The molecule has 112 valence electrons. The normalized spacial score (nSPS) is 20.3. The van der Waals surface area contributed by atoms with E-state index in [-0.39, 0.29) is 6.10 Å². The maximum atomic E-state index is 6.07. The summed E-state index contributed by atoms with van der Waals surface area (Å²) in [5.74, 6) is 1.49. The highest BCUT2D eigenvalue weighted by Gasteiger charge is 2.15. The molecule has 3 heteroatoms. The number of para-hydroxylation sites is 1. The zero-order valence-corrected chi connectivity index (χ0v) is 12.9. The number of benzene rings is 1. The van der Waals surface area contributed by atoms with Crippen molar-refractivity contribution in [3.05, 3.63) is 29.8 Å². The standard InChI is InChI=1S/C17H27NO2/c1-13(2)16-8-4-5-9-17(16)20-14(3)11-18-12-15-7-6-10-19-15/h4-5,8-9,13-15,18H,6-7,10-12H2,1-3H3. The maximum Gasteiger partial charge on any atom is 0.123 e. The molecule has 0 radical (unpaired) electrons. The van der Waals surface area contributed by atoms with Crippen molar-refractivity contribution >= 4 is 0 Å². The zero-order chi connectivity index (χ0) is 14.4. The molecule has 0 spiro atoms. The fourth-order valence-corrected chi connectivity index (χ4v) is 2.58. The molecule has 1 N–H and O–H groups in total. The van der Waals surface area contributed by atoms with Crippen LogP contribution in [0.1, 0.15) is 45.1 Å². The second-order valence-corrected chi connectivity index (χ2v) is 5.91. The lowest BCUT2D eigenvalue weighted by molar-refractivity contribution is 0.106. The molecule has 2 atom stereocenters. The summed E-state index contributed by atoms with van der Waals surface area (Å²) in [5.41, 5.74) is 1.28. The molecule has 2 rings (SSSR count). The Kier molecular flexibility index (Phi) is 5.86. The summed E-state index contributed by atoms with van der Waals surface area (Å²) in [6.45, 7) is 9.21. The molecule has 1 aromatic rings. The molecular weight excluding hydrogens is 250 g/mol. The van der Waals surface area contributed by atoms with Gasteiger partial charge in [-0.05, 0) is 37.3 Å². The summed E-state index contributed by atoms with van der Waals surface area (Å²) < 4.78 is 11.7. The van der Waals surface area contributed by atoms with Gasteiger partial charge in [-0.3, -0.25) is 0 Å². The molecule has 1 saturated heterocycles. The minimum atomic E-state index is 0.163. The van der Waals surface area contributed by atoms with Crippen LogP contribution in [0.15, 0.2) is 24.3 Å². The lowest BCUT2D eigenvalue weighted by Gasteiger charge is -2.20. The minimum Gasteiger partial charge on any atom is -0.489 e. The summed E-state index contributed by atoms with van der Waals surface area (Å²) >= 11 is 0. The Morgan fingerprint density at radius 1 is 1.30 bits per heavy atom. The fourth-order valence-electron chi connectivity index (χ4n) is 2.58. The summed E-state index contributed by atoms with van der Waals surface area (Å²) in [5, 5.41) is 3.45. The predicted molar refractivity (Wildman–Crippen MR) is 82.5 cm³/mol. The van der Waals surface area contributed by atoms with Crippen LogP contribution in [0.2, 0.25) is 0 Å². The Morgan fingerprint density at radius 2 is 2.10 bits per heavy atom. The Balaban J connectivity index is 1.77. The molecule has 1 fully saturated rings. The van der Waals surface area contributed by atoms with E-state index < -0.39 is 0 Å². The molecule has 0 aliphatic carbocycles. The number of hydrogen-bond acceptors (Lipinski definition) is 3. The zero-order valence-electron chi connectivity index (χ0n) is 12.9. The molecule has 1 aliphatic heterocycles. The Morgan fingerprint density at radius 3 is 2.80 bits per heavy atom. The summed E-state index contributed by atoms with van der Waals surface area (Å²) in [7, 11) is 0. The quantitative estimate of drug-likeness (QED) is 0.829. The maximum absolute atomic E-state index is 6.07. The molecule has 1 heterocycles. The molecule has 1 aliphatic rings. The van der Waals surface area contributed by atoms with Crippen molar-refractivity contribution in [1.29, 1.82) is 0 Å². The van der Waals surface area contributed by atoms with Crippen LogP contribution < -0.4 is 10.1 Å². The van der Waals surface area contributed by atoms with Crippen molar-refractivity contribution in [2.24, 2.45) is 0 Å². The third-order valence-electron chi connectivity index (χ3n) is 3.70. The highest BCUT2D eigenvalue weighted by atomic mass is 16.5. The van der Waals surface area contributed by atoms with Crippen LogP contribution in [-0.4, -0.2) is 31.9 Å². The second-order valence-electron chi connectivity index (χ2n) is 5.91. The van der Waals surface area contributed by atoms with Crippen LogP contribution in [0, 0.1) is 0 Å². The third kappa shape index (κ3) is 4.50. The van der Waals surface area contributed by atoms with Crippen molar-refractivity contribution in [2.75, 3.05) is 19.7 Å². The molecule has 0 amide bonds. The number of ether oxygens (including phenoxy) is 2. The number of nitrogens with one attached hydrogen (secondary N) is 1. The summed E-state index contributed by atoms with van der Waals surface area (Å²) in [6.07, 6.45) is 2.93. The van der Waals surface area contributed by atoms with Crippen LogP contribution in [0.5, 0.6) is 5.75 Å². The van der Waals surface area contributed by atoms with Crippen LogP contribution in [0.25, 0.3) is 0 Å². The predicted octanol–water partition coefficient (Wildman–Crippen LogP) is 3.35. The molecular formula is C17H27NO2. The lowest BCUT2D eigenvalue weighted by Crippen LogP contribution is -2.34. The lowest BCUT2D eigenvalue weighted by atomic mass is 10.0. The monoisotopic (exact) mass is 277 g/mol. The molecule has 1 aromatic carbocycles. The van der Waals surface area contributed by atoms with Crippen molar-refractivity contribution in [3.63, 3.8) is 0 Å². The smallest absolute Gasteiger partial charge is 0.123 e. The van der Waals surface area contributed by atoms with Gasteiger partial charge in [0.15, 0.2) is 0 Å². The van der Waals surface area contributed by atoms with Crippen LogP contribution in [0.3, 0.4) is 0 Å². The largest absolute Gasteiger partial charge is 0.489 e. The van der Waals surface area contributed by atoms with Gasteiger partial charge >= 0.3 is 0 Å². The molecule has 0 bridgehead atoms. The van der Waals surface area contributed by atoms with Crippen LogP contribution >= 0.6 is 0 Å². The first-order chi connectivity index (χ1) is 9.66. The van der Waals surface area contributed by atoms with E-state index in [9.17, 15) is 0 Å². The van der Waals surface area contributed by atoms with E-state index in [2.05, 4.69) is 44.3 Å². The van der Waals surface area contributed by atoms with Crippen LogP contribution in [0.4, 0.5) is 0 Å². The average Bonchev–Trinajstić information content (AvgIpc) is 2.92. The third-order valence-corrected chi connectivity index (χ3v) is 3.70. The van der Waals surface area contributed by atoms with E-state index in [0.29, 0.717) is 12.0 Å². The minimum absolute atomic E-state index is 0.163. The van der Waals surface area contributed by atoms with Gasteiger partial charge in [0.2, 0.25) is 0 Å². The van der Waals surface area contributed by atoms with E-state index in [1.807, 2.05) is 6.07 Å². The van der Waals surface area contributed by atoms with Gasteiger partial charge in [0.05, 0.1) is 6.10 Å². The number of rotatable bonds is 7. The first-order valence-corrected chi connectivity index (χ1v) is 7.74. The molecule has 20 heavy (non-hydrogen) atoms. The van der Waals surface area contributed by atoms with Gasteiger partial charge in [0.1, 0.15) is 11.9 Å². The van der Waals surface area contributed by atoms with Crippen LogP contribution in [-0.2, 0) is 4.74 Å². The second kappa shape index (κ2) is 7.65. The SMILES string of the molecule is CC(CNCC1CCCO1)Oc1ccccc1C(C)C. The summed E-state index contributed by atoms with van der Waals surface area (Å²) in [4.78, 5) is 0. The van der Waals surface area contributed by atoms with Gasteiger partial charge in [0.25, 0.3) is 0 Å². The van der Waals surface area contributed by atoms with E-state index in [1.54, 1.807) is 0 Å². The topological polar surface area (TPSA) is 30.5 Å². The van der Waals surface area contributed by atoms with Gasteiger partial charge in [0, 0.05) is 19.7 Å². The van der Waals surface area contributed by atoms with E-state index in [1.165, 1.54) is 18.4 Å². The average molecular weight is 277 g/mol. The van der Waals surface area contributed by atoms with Gasteiger partial charge < -0.3 is 14.8 Å². The van der Waals surface area contributed by atoms with Crippen molar-refractivity contribution in [3.8, 4) is 5.75 Å². The number of hydrogen-bond donors (Lipinski definition) is 1. The van der Waals surface area contributed by atoms with Gasteiger partial charge in [-0.15, -0.1) is 0 Å². The van der Waals surface area contributed by atoms with E-state index in [0.717, 1.165) is 25.4 Å². The Labute approximate surface area is 122 Å². The van der Waals surface area contributed by atoms with E-state index >= 15 is 0 Å². The molecule has 0 aromatic heterocycles. The highest BCUT2D eigenvalue weighted by molar-refractivity contribution is 5.35. The molecule has 3 nitrogen and oxygen atoms in total. The molecule has 2 unspecified atom stereocenters. The van der Waals surface area contributed by atoms with Gasteiger partial charge in [-0.1, -0.05) is 32.0 Å². The first kappa shape index (κ1) is 15.3. The van der Waals surface area contributed by atoms with Gasteiger partial charge in [-0.25, -0.2) is 0 Å². The Bertz CT molecular complexity index is 400.